The van der Waals surface area contributed by atoms with Crippen LogP contribution < -0.4 is 5.73 Å². The van der Waals surface area contributed by atoms with Crippen molar-refractivity contribution in [2.45, 2.75) is 19.9 Å². The first-order valence-corrected chi connectivity index (χ1v) is 6.87. The third-order valence-corrected chi connectivity index (χ3v) is 3.74. The lowest BCUT2D eigenvalue weighted by Gasteiger charge is -2.38. The maximum atomic E-state index is 11.0. The number of nitrogens with zero attached hydrogens (tertiary/aromatic N) is 3. The standard InChI is InChI=1S/C13H28N4O/c1-12(2)16-7-5-15(6-8-16)9-10-17(3,4)11-13(14)18/h12H,5-11H2,1-4H3,(H-,14,18)/p+1. The summed E-state index contributed by atoms with van der Waals surface area (Å²) in [6.45, 7) is 11.5. The molecular weight excluding hydrogens is 228 g/mol. The van der Waals surface area contributed by atoms with E-state index in [4.69, 9.17) is 5.73 Å². The first kappa shape index (κ1) is 15.4. The molecule has 0 aromatic rings. The van der Waals surface area contributed by atoms with Crippen molar-refractivity contribution in [1.82, 2.24) is 9.80 Å². The summed E-state index contributed by atoms with van der Waals surface area (Å²) < 4.78 is 0.680. The Hall–Kier alpha value is -0.650. The Balaban J connectivity index is 2.27. The number of carbonyl (C=O) groups is 1. The number of hydrogen-bond acceptors (Lipinski definition) is 3. The van der Waals surface area contributed by atoms with Gasteiger partial charge in [-0.3, -0.25) is 14.6 Å². The molecule has 1 fully saturated rings. The third kappa shape index (κ3) is 5.33. The minimum atomic E-state index is -0.218. The molecule has 1 saturated heterocycles. The first-order valence-electron chi connectivity index (χ1n) is 6.87. The Morgan fingerprint density at radius 1 is 1.22 bits per heavy atom. The second kappa shape index (κ2) is 6.50. The summed E-state index contributed by atoms with van der Waals surface area (Å²) in [5, 5.41) is 0. The Morgan fingerprint density at radius 2 is 1.78 bits per heavy atom. The summed E-state index contributed by atoms with van der Waals surface area (Å²) in [5.74, 6) is -0.218. The fourth-order valence-corrected chi connectivity index (χ4v) is 2.42. The van der Waals surface area contributed by atoms with Gasteiger partial charge in [-0.25, -0.2) is 0 Å². The van der Waals surface area contributed by atoms with E-state index in [1.807, 2.05) is 0 Å². The Labute approximate surface area is 111 Å². The molecule has 0 atom stereocenters. The van der Waals surface area contributed by atoms with E-state index in [-0.39, 0.29) is 5.91 Å². The number of nitrogens with two attached hydrogens (primary N) is 1. The van der Waals surface area contributed by atoms with Gasteiger partial charge in [0, 0.05) is 38.8 Å². The van der Waals surface area contributed by atoms with Gasteiger partial charge >= 0.3 is 0 Å². The highest BCUT2D eigenvalue weighted by atomic mass is 16.1. The molecule has 0 spiro atoms. The van der Waals surface area contributed by atoms with Crippen molar-refractivity contribution in [2.24, 2.45) is 5.73 Å². The number of likely N-dealkylation sites (N-methyl/N-ethyl adjacent to an activating group) is 1. The van der Waals surface area contributed by atoms with Crippen molar-refractivity contribution in [3.8, 4) is 0 Å². The van der Waals surface area contributed by atoms with Gasteiger partial charge in [0.05, 0.1) is 20.6 Å². The second-order valence-corrected chi connectivity index (χ2v) is 6.26. The molecule has 106 valence electrons. The lowest BCUT2D eigenvalue weighted by molar-refractivity contribution is -0.881. The molecule has 1 amide bonds. The zero-order chi connectivity index (χ0) is 13.8. The minimum Gasteiger partial charge on any atom is -0.365 e. The van der Waals surface area contributed by atoms with Crippen LogP contribution in [-0.2, 0) is 4.79 Å². The molecular formula is C13H29N4O+. The van der Waals surface area contributed by atoms with Crippen LogP contribution in [0.3, 0.4) is 0 Å². The van der Waals surface area contributed by atoms with Crippen molar-refractivity contribution in [1.29, 1.82) is 0 Å². The molecule has 1 aliphatic heterocycles. The predicted octanol–water partition coefficient (Wildman–Crippen LogP) is -0.426. The zero-order valence-corrected chi connectivity index (χ0v) is 12.4. The highest BCUT2D eigenvalue weighted by molar-refractivity contribution is 5.74. The van der Waals surface area contributed by atoms with E-state index in [9.17, 15) is 4.79 Å². The van der Waals surface area contributed by atoms with Crippen molar-refractivity contribution in [2.75, 3.05) is 59.9 Å². The zero-order valence-electron chi connectivity index (χ0n) is 12.4. The molecule has 0 saturated carbocycles. The molecule has 5 nitrogen and oxygen atoms in total. The largest absolute Gasteiger partial charge is 0.365 e. The molecule has 0 unspecified atom stereocenters. The maximum Gasteiger partial charge on any atom is 0.272 e. The van der Waals surface area contributed by atoms with Gasteiger partial charge in [0.2, 0.25) is 0 Å². The molecule has 0 aromatic heterocycles. The number of piperazine rings is 1. The minimum absolute atomic E-state index is 0.218. The molecule has 0 bridgehead atoms. The van der Waals surface area contributed by atoms with Crippen LogP contribution in [-0.4, -0.2) is 86.1 Å². The summed E-state index contributed by atoms with van der Waals surface area (Å²) >= 11 is 0. The summed E-state index contributed by atoms with van der Waals surface area (Å²) in [4.78, 5) is 16.0. The van der Waals surface area contributed by atoms with Gasteiger partial charge in [-0.15, -0.1) is 0 Å². The van der Waals surface area contributed by atoms with Crippen LogP contribution in [0.15, 0.2) is 0 Å². The van der Waals surface area contributed by atoms with Crippen LogP contribution in [0.1, 0.15) is 13.8 Å². The van der Waals surface area contributed by atoms with Crippen molar-refractivity contribution >= 4 is 5.91 Å². The van der Waals surface area contributed by atoms with Crippen LogP contribution >= 0.6 is 0 Å². The molecule has 0 radical (unpaired) electrons. The molecule has 5 heteroatoms. The molecule has 2 N–H and O–H groups in total. The quantitative estimate of drug-likeness (QED) is 0.657. The van der Waals surface area contributed by atoms with Gasteiger partial charge in [-0.1, -0.05) is 0 Å². The highest BCUT2D eigenvalue weighted by Gasteiger charge is 2.22. The van der Waals surface area contributed by atoms with Crippen LogP contribution in [0.25, 0.3) is 0 Å². The fraction of sp³-hybridized carbons (Fsp3) is 0.923. The Kier molecular flexibility index (Phi) is 5.56. The van der Waals surface area contributed by atoms with E-state index in [1.54, 1.807) is 0 Å². The van der Waals surface area contributed by atoms with E-state index in [0.29, 0.717) is 17.1 Å². The van der Waals surface area contributed by atoms with Gasteiger partial charge in [-0.05, 0) is 13.8 Å². The number of hydrogen-bond donors (Lipinski definition) is 1. The lowest BCUT2D eigenvalue weighted by Crippen LogP contribution is -2.53. The number of carbonyl (C=O) groups excluding carboxylic acids is 1. The van der Waals surface area contributed by atoms with E-state index < -0.39 is 0 Å². The lowest BCUT2D eigenvalue weighted by atomic mass is 10.2. The van der Waals surface area contributed by atoms with Crippen LogP contribution in [0.5, 0.6) is 0 Å². The summed E-state index contributed by atoms with van der Waals surface area (Å²) in [6, 6.07) is 0.647. The predicted molar refractivity (Wildman–Crippen MR) is 74.2 cm³/mol. The van der Waals surface area contributed by atoms with E-state index in [1.165, 1.54) is 0 Å². The Morgan fingerprint density at radius 3 is 2.22 bits per heavy atom. The number of amides is 1. The average molecular weight is 257 g/mol. The first-order chi connectivity index (χ1) is 8.30. The maximum absolute atomic E-state index is 11.0. The highest BCUT2D eigenvalue weighted by Crippen LogP contribution is 2.06. The van der Waals surface area contributed by atoms with E-state index in [0.717, 1.165) is 39.3 Å². The summed E-state index contributed by atoms with van der Waals surface area (Å²) in [6.07, 6.45) is 0. The Bertz CT molecular complexity index is 270. The topological polar surface area (TPSA) is 49.6 Å². The van der Waals surface area contributed by atoms with Gasteiger partial charge in [0.25, 0.3) is 5.91 Å². The van der Waals surface area contributed by atoms with Crippen molar-refractivity contribution < 1.29 is 9.28 Å². The number of primary amides is 1. The molecule has 1 heterocycles. The fourth-order valence-electron chi connectivity index (χ4n) is 2.42. The summed E-state index contributed by atoms with van der Waals surface area (Å²) in [7, 11) is 4.13. The van der Waals surface area contributed by atoms with Gasteiger partial charge in [0.15, 0.2) is 6.54 Å². The van der Waals surface area contributed by atoms with Crippen molar-refractivity contribution in [3.63, 3.8) is 0 Å². The van der Waals surface area contributed by atoms with Crippen LogP contribution in [0.2, 0.25) is 0 Å². The van der Waals surface area contributed by atoms with Gasteiger partial charge in [0.1, 0.15) is 0 Å². The normalized spacial score (nSPS) is 19.4. The smallest absolute Gasteiger partial charge is 0.272 e. The second-order valence-electron chi connectivity index (χ2n) is 6.26. The summed E-state index contributed by atoms with van der Waals surface area (Å²) in [5.41, 5.74) is 5.26. The van der Waals surface area contributed by atoms with Crippen LogP contribution in [0.4, 0.5) is 0 Å². The van der Waals surface area contributed by atoms with Gasteiger partial charge in [-0.2, -0.15) is 0 Å². The number of rotatable bonds is 6. The molecule has 1 rings (SSSR count). The van der Waals surface area contributed by atoms with Gasteiger partial charge < -0.3 is 10.2 Å². The number of quaternary nitrogens is 1. The monoisotopic (exact) mass is 257 g/mol. The molecule has 0 aliphatic carbocycles. The SMILES string of the molecule is CC(C)N1CCN(CC[N+](C)(C)CC(N)=O)CC1. The molecule has 0 aromatic carbocycles. The average Bonchev–Trinajstić information content (AvgIpc) is 2.25. The molecule has 18 heavy (non-hydrogen) atoms. The van der Waals surface area contributed by atoms with Crippen molar-refractivity contribution in [3.05, 3.63) is 0 Å². The molecule has 1 aliphatic rings. The van der Waals surface area contributed by atoms with Crippen LogP contribution in [0, 0.1) is 0 Å². The van der Waals surface area contributed by atoms with E-state index >= 15 is 0 Å². The third-order valence-electron chi connectivity index (χ3n) is 3.74. The van der Waals surface area contributed by atoms with E-state index in [2.05, 4.69) is 37.7 Å².